The summed E-state index contributed by atoms with van der Waals surface area (Å²) in [6.45, 7) is 1.28. The van der Waals surface area contributed by atoms with Crippen molar-refractivity contribution in [2.75, 3.05) is 25.1 Å². The lowest BCUT2D eigenvalue weighted by molar-refractivity contribution is -0.0544. The summed E-state index contributed by atoms with van der Waals surface area (Å²) >= 11 is 3.18. The van der Waals surface area contributed by atoms with E-state index in [9.17, 15) is 9.90 Å². The number of rotatable bonds is 4. The maximum absolute atomic E-state index is 11.1. The van der Waals surface area contributed by atoms with Crippen molar-refractivity contribution in [2.24, 2.45) is 0 Å². The Hall–Kier alpha value is -1.18. The third-order valence-corrected chi connectivity index (χ3v) is 3.53. The van der Waals surface area contributed by atoms with Crippen LogP contribution in [0.15, 0.2) is 16.7 Å². The van der Waals surface area contributed by atoms with E-state index in [-0.39, 0.29) is 17.9 Å². The first-order valence-electron chi connectivity index (χ1n) is 5.93. The highest BCUT2D eigenvalue weighted by Gasteiger charge is 2.30. The molecule has 0 atom stereocenters. The number of carbonyl (C=O) groups is 1. The van der Waals surface area contributed by atoms with Gasteiger partial charge in [-0.05, 0) is 22.0 Å². The molecule has 1 aromatic rings. The topological polar surface area (TPSA) is 91.7 Å². The molecule has 7 heteroatoms. The normalized spacial score (nSPS) is 18.0. The number of nitrogens with zero attached hydrogens (tertiary/aromatic N) is 1. The summed E-state index contributed by atoms with van der Waals surface area (Å²) in [4.78, 5) is 15.2. The van der Waals surface area contributed by atoms with Crippen LogP contribution in [0.5, 0.6) is 0 Å². The highest BCUT2D eigenvalue weighted by atomic mass is 79.9. The predicted octanol–water partition coefficient (Wildman–Crippen LogP) is 1.50. The zero-order valence-corrected chi connectivity index (χ0v) is 11.8. The Bertz CT molecular complexity index is 475. The molecule has 0 amide bonds. The van der Waals surface area contributed by atoms with Crippen LogP contribution in [0.3, 0.4) is 0 Å². The third-order valence-electron chi connectivity index (χ3n) is 3.09. The van der Waals surface area contributed by atoms with Crippen molar-refractivity contribution < 1.29 is 19.7 Å². The number of nitrogens with one attached hydrogen (secondary N) is 1. The molecular weight excluding hydrogens is 316 g/mol. The van der Waals surface area contributed by atoms with Crippen LogP contribution in [-0.4, -0.2) is 46.5 Å². The lowest BCUT2D eigenvalue weighted by atomic mass is 9.94. The second-order valence-electron chi connectivity index (χ2n) is 4.55. The fourth-order valence-corrected chi connectivity index (χ4v) is 2.25. The van der Waals surface area contributed by atoms with Gasteiger partial charge in [0.25, 0.3) is 0 Å². The van der Waals surface area contributed by atoms with E-state index in [1.54, 1.807) is 0 Å². The summed E-state index contributed by atoms with van der Waals surface area (Å²) < 4.78 is 5.79. The molecule has 0 spiro atoms. The molecule has 2 rings (SSSR count). The number of aromatic nitrogens is 1. The summed E-state index contributed by atoms with van der Waals surface area (Å²) in [5.74, 6) is -0.800. The summed E-state index contributed by atoms with van der Waals surface area (Å²) in [6.07, 6.45) is 2.57. The quantitative estimate of drug-likeness (QED) is 0.774. The van der Waals surface area contributed by atoms with Crippen LogP contribution in [0.4, 0.5) is 5.82 Å². The van der Waals surface area contributed by atoms with Gasteiger partial charge in [0.05, 0.1) is 5.60 Å². The molecule has 0 aliphatic carbocycles. The highest BCUT2D eigenvalue weighted by molar-refractivity contribution is 9.10. The van der Waals surface area contributed by atoms with Crippen molar-refractivity contribution in [2.45, 2.75) is 18.4 Å². The maximum atomic E-state index is 11.1. The van der Waals surface area contributed by atoms with Crippen molar-refractivity contribution in [1.29, 1.82) is 0 Å². The first-order chi connectivity index (χ1) is 9.00. The zero-order chi connectivity index (χ0) is 13.9. The molecule has 0 unspecified atom stereocenters. The molecule has 1 fully saturated rings. The van der Waals surface area contributed by atoms with Crippen LogP contribution < -0.4 is 5.32 Å². The molecule has 0 radical (unpaired) electrons. The molecule has 1 aliphatic rings. The van der Waals surface area contributed by atoms with Gasteiger partial charge in [-0.3, -0.25) is 0 Å². The second-order valence-corrected chi connectivity index (χ2v) is 5.46. The molecule has 0 bridgehead atoms. The number of aromatic carboxylic acids is 1. The minimum absolute atomic E-state index is 0.0741. The molecule has 2 heterocycles. The van der Waals surface area contributed by atoms with E-state index in [0.717, 1.165) is 0 Å². The molecule has 1 aromatic heterocycles. The standard InChI is InChI=1S/C12H15BrN2O4/c13-8-5-9(11(16)17)10(14-6-8)15-7-12(18)1-3-19-4-2-12/h5-6,18H,1-4,7H2,(H,14,15)(H,16,17). The molecule has 3 N–H and O–H groups in total. The third kappa shape index (κ3) is 3.65. The first-order valence-corrected chi connectivity index (χ1v) is 6.72. The van der Waals surface area contributed by atoms with E-state index in [4.69, 9.17) is 9.84 Å². The van der Waals surface area contributed by atoms with E-state index in [1.165, 1.54) is 12.3 Å². The summed E-state index contributed by atoms with van der Waals surface area (Å²) in [5.41, 5.74) is -0.798. The van der Waals surface area contributed by atoms with Crippen molar-refractivity contribution >= 4 is 27.7 Å². The Balaban J connectivity index is 2.08. The number of anilines is 1. The number of ether oxygens (including phenoxy) is 1. The van der Waals surface area contributed by atoms with Crippen LogP contribution in [0.1, 0.15) is 23.2 Å². The molecule has 0 aromatic carbocycles. The maximum Gasteiger partial charge on any atom is 0.339 e. The average Bonchev–Trinajstić information content (AvgIpc) is 2.38. The van der Waals surface area contributed by atoms with Gasteiger partial charge >= 0.3 is 5.97 Å². The number of carboxylic acid groups (broad SMARTS) is 1. The average molecular weight is 331 g/mol. The number of hydrogen-bond acceptors (Lipinski definition) is 5. The van der Waals surface area contributed by atoms with Gasteiger partial charge in [0, 0.05) is 43.3 Å². The minimum atomic E-state index is -1.06. The monoisotopic (exact) mass is 330 g/mol. The minimum Gasteiger partial charge on any atom is -0.478 e. The summed E-state index contributed by atoms with van der Waals surface area (Å²) in [7, 11) is 0. The number of halogens is 1. The predicted molar refractivity (Wildman–Crippen MR) is 72.4 cm³/mol. The largest absolute Gasteiger partial charge is 0.478 e. The van der Waals surface area contributed by atoms with Crippen LogP contribution in [0, 0.1) is 0 Å². The van der Waals surface area contributed by atoms with Gasteiger partial charge in [-0.15, -0.1) is 0 Å². The van der Waals surface area contributed by atoms with Crippen LogP contribution >= 0.6 is 15.9 Å². The van der Waals surface area contributed by atoms with Gasteiger partial charge in [-0.2, -0.15) is 0 Å². The zero-order valence-electron chi connectivity index (χ0n) is 10.2. The van der Waals surface area contributed by atoms with Crippen molar-refractivity contribution in [3.8, 4) is 0 Å². The smallest absolute Gasteiger partial charge is 0.339 e. The molecule has 19 heavy (non-hydrogen) atoms. The SMILES string of the molecule is O=C(O)c1cc(Br)cnc1NCC1(O)CCOCC1. The Morgan fingerprint density at radius 3 is 2.84 bits per heavy atom. The van der Waals surface area contributed by atoms with Crippen LogP contribution in [0.2, 0.25) is 0 Å². The molecule has 6 nitrogen and oxygen atoms in total. The van der Waals surface area contributed by atoms with E-state index in [0.29, 0.717) is 30.5 Å². The van der Waals surface area contributed by atoms with Crippen LogP contribution in [-0.2, 0) is 4.74 Å². The van der Waals surface area contributed by atoms with Gasteiger partial charge in [0.2, 0.25) is 0 Å². The Kier molecular flexibility index (Phi) is 4.38. The van der Waals surface area contributed by atoms with E-state index >= 15 is 0 Å². The summed E-state index contributed by atoms with van der Waals surface area (Å²) in [6, 6.07) is 1.48. The lowest BCUT2D eigenvalue weighted by Gasteiger charge is -2.32. The first kappa shape index (κ1) is 14.2. The molecule has 1 aliphatic heterocycles. The van der Waals surface area contributed by atoms with Crippen LogP contribution in [0.25, 0.3) is 0 Å². The number of aliphatic hydroxyl groups is 1. The van der Waals surface area contributed by atoms with Crippen molar-refractivity contribution in [1.82, 2.24) is 4.98 Å². The van der Waals surface area contributed by atoms with Crippen molar-refractivity contribution in [3.05, 3.63) is 22.3 Å². The van der Waals surface area contributed by atoms with Gasteiger partial charge < -0.3 is 20.3 Å². The molecule has 1 saturated heterocycles. The fraction of sp³-hybridized carbons (Fsp3) is 0.500. The molecular formula is C12H15BrN2O4. The van der Waals surface area contributed by atoms with Gasteiger partial charge in [0.1, 0.15) is 11.4 Å². The van der Waals surface area contributed by atoms with Gasteiger partial charge in [0.15, 0.2) is 0 Å². The van der Waals surface area contributed by atoms with E-state index in [2.05, 4.69) is 26.2 Å². The highest BCUT2D eigenvalue weighted by Crippen LogP contribution is 2.23. The van der Waals surface area contributed by atoms with E-state index in [1.807, 2.05) is 0 Å². The van der Waals surface area contributed by atoms with Crippen molar-refractivity contribution in [3.63, 3.8) is 0 Å². The molecule has 0 saturated carbocycles. The Morgan fingerprint density at radius 2 is 2.21 bits per heavy atom. The lowest BCUT2D eigenvalue weighted by Crippen LogP contribution is -2.42. The Morgan fingerprint density at radius 1 is 1.53 bits per heavy atom. The number of pyridine rings is 1. The summed E-state index contributed by atoms with van der Waals surface area (Å²) in [5, 5.41) is 22.3. The fourth-order valence-electron chi connectivity index (χ4n) is 1.92. The number of carboxylic acids is 1. The number of hydrogen-bond donors (Lipinski definition) is 3. The van der Waals surface area contributed by atoms with E-state index < -0.39 is 11.6 Å². The van der Waals surface area contributed by atoms with Gasteiger partial charge in [-0.1, -0.05) is 0 Å². The Labute approximate surface area is 118 Å². The second kappa shape index (κ2) is 5.85. The van der Waals surface area contributed by atoms with Gasteiger partial charge in [-0.25, -0.2) is 9.78 Å². The molecule has 104 valence electrons.